The van der Waals surface area contributed by atoms with Crippen molar-refractivity contribution in [3.8, 4) is 0 Å². The molecule has 66 valence electrons. The van der Waals surface area contributed by atoms with E-state index in [2.05, 4.69) is 0 Å². The highest BCUT2D eigenvalue weighted by Crippen LogP contribution is 2.59. The summed E-state index contributed by atoms with van der Waals surface area (Å²) in [6.45, 7) is 1.70. The molecule has 3 rings (SSSR count). The SMILES string of the molecule is C/C(=C\C12CCC(C1)C2)C(=O)O. The van der Waals surface area contributed by atoms with Gasteiger partial charge in [-0.05, 0) is 43.9 Å². The molecule has 2 heteroatoms. The van der Waals surface area contributed by atoms with Crippen LogP contribution in [-0.4, -0.2) is 11.1 Å². The Kier molecular flexibility index (Phi) is 1.53. The van der Waals surface area contributed by atoms with Crippen LogP contribution in [0.1, 0.15) is 32.6 Å². The molecule has 3 aliphatic carbocycles. The Labute approximate surface area is 72.3 Å². The van der Waals surface area contributed by atoms with Gasteiger partial charge in [-0.15, -0.1) is 0 Å². The summed E-state index contributed by atoms with van der Waals surface area (Å²) in [5, 5.41) is 8.71. The second-order valence-corrected chi connectivity index (χ2v) is 4.31. The average Bonchev–Trinajstić information content (AvgIpc) is 2.44. The van der Waals surface area contributed by atoms with Crippen LogP contribution in [0.3, 0.4) is 0 Å². The molecule has 0 aliphatic heterocycles. The van der Waals surface area contributed by atoms with Gasteiger partial charge in [-0.25, -0.2) is 4.79 Å². The number of carboxylic acid groups (broad SMARTS) is 1. The van der Waals surface area contributed by atoms with E-state index in [4.69, 9.17) is 5.11 Å². The van der Waals surface area contributed by atoms with Gasteiger partial charge in [-0.2, -0.15) is 0 Å². The quantitative estimate of drug-likeness (QED) is 0.638. The molecule has 0 unspecified atom stereocenters. The van der Waals surface area contributed by atoms with Gasteiger partial charge < -0.3 is 5.11 Å². The highest BCUT2D eigenvalue weighted by molar-refractivity contribution is 5.85. The normalized spacial score (nSPS) is 39.4. The van der Waals surface area contributed by atoms with Crippen molar-refractivity contribution in [2.24, 2.45) is 11.3 Å². The Morgan fingerprint density at radius 3 is 2.67 bits per heavy atom. The third-order valence-electron chi connectivity index (χ3n) is 3.30. The van der Waals surface area contributed by atoms with Crippen LogP contribution in [0, 0.1) is 11.3 Å². The van der Waals surface area contributed by atoms with E-state index in [1.54, 1.807) is 6.92 Å². The van der Waals surface area contributed by atoms with Crippen molar-refractivity contribution in [1.29, 1.82) is 0 Å². The zero-order valence-corrected chi connectivity index (χ0v) is 7.34. The maximum atomic E-state index is 10.6. The van der Waals surface area contributed by atoms with E-state index < -0.39 is 5.97 Å². The van der Waals surface area contributed by atoms with Crippen LogP contribution in [0.4, 0.5) is 0 Å². The van der Waals surface area contributed by atoms with Gasteiger partial charge in [-0.1, -0.05) is 6.08 Å². The van der Waals surface area contributed by atoms with Crippen molar-refractivity contribution in [3.63, 3.8) is 0 Å². The number of aliphatic carboxylic acids is 1. The molecule has 3 aliphatic rings. The molecule has 0 heterocycles. The Morgan fingerprint density at radius 1 is 1.58 bits per heavy atom. The van der Waals surface area contributed by atoms with Crippen molar-refractivity contribution < 1.29 is 9.90 Å². The Morgan fingerprint density at radius 2 is 2.25 bits per heavy atom. The van der Waals surface area contributed by atoms with Crippen LogP contribution in [-0.2, 0) is 4.79 Å². The standard InChI is InChI=1S/C10H14O2/c1-7(9(11)12)4-10-3-2-8(5-10)6-10/h4,8H,2-3,5-6H2,1H3,(H,11,12)/b7-4+. The van der Waals surface area contributed by atoms with Gasteiger partial charge in [0.25, 0.3) is 0 Å². The lowest BCUT2D eigenvalue weighted by atomic mass is 9.69. The number of carboxylic acids is 1. The number of rotatable bonds is 2. The van der Waals surface area contributed by atoms with E-state index in [0.717, 1.165) is 5.92 Å². The van der Waals surface area contributed by atoms with Crippen molar-refractivity contribution in [2.75, 3.05) is 0 Å². The summed E-state index contributed by atoms with van der Waals surface area (Å²) in [6.07, 6.45) is 6.97. The smallest absolute Gasteiger partial charge is 0.330 e. The Balaban J connectivity index is 2.11. The van der Waals surface area contributed by atoms with Crippen molar-refractivity contribution in [3.05, 3.63) is 11.6 Å². The number of fused-ring (bicyclic) bond motifs is 1. The topological polar surface area (TPSA) is 37.3 Å². The van der Waals surface area contributed by atoms with Gasteiger partial charge in [0.15, 0.2) is 0 Å². The lowest BCUT2D eigenvalue weighted by molar-refractivity contribution is -0.132. The highest BCUT2D eigenvalue weighted by atomic mass is 16.4. The summed E-state index contributed by atoms with van der Waals surface area (Å²) >= 11 is 0. The fourth-order valence-electron chi connectivity index (χ4n) is 2.70. The average molecular weight is 166 g/mol. The fraction of sp³-hybridized carbons (Fsp3) is 0.700. The van der Waals surface area contributed by atoms with E-state index >= 15 is 0 Å². The van der Waals surface area contributed by atoms with E-state index in [1.165, 1.54) is 25.7 Å². The van der Waals surface area contributed by atoms with E-state index in [-0.39, 0.29) is 0 Å². The van der Waals surface area contributed by atoms with Crippen LogP contribution >= 0.6 is 0 Å². The summed E-state index contributed by atoms with van der Waals surface area (Å²) < 4.78 is 0. The first-order chi connectivity index (χ1) is 5.61. The van der Waals surface area contributed by atoms with Crippen LogP contribution in [0.2, 0.25) is 0 Å². The molecule has 12 heavy (non-hydrogen) atoms. The largest absolute Gasteiger partial charge is 0.478 e. The first-order valence-corrected chi connectivity index (χ1v) is 4.54. The van der Waals surface area contributed by atoms with Gasteiger partial charge in [0.2, 0.25) is 0 Å². The predicted octanol–water partition coefficient (Wildman–Crippen LogP) is 2.21. The molecule has 0 amide bonds. The maximum absolute atomic E-state index is 10.6. The summed E-state index contributed by atoms with van der Waals surface area (Å²) in [4.78, 5) is 10.6. The van der Waals surface area contributed by atoms with Crippen molar-refractivity contribution >= 4 is 5.97 Å². The first-order valence-electron chi connectivity index (χ1n) is 4.54. The number of hydrogen-bond donors (Lipinski definition) is 1. The zero-order chi connectivity index (χ0) is 8.77. The summed E-state index contributed by atoms with van der Waals surface area (Å²) in [5.41, 5.74) is 0.822. The lowest BCUT2D eigenvalue weighted by Gasteiger charge is -2.36. The van der Waals surface area contributed by atoms with Gasteiger partial charge in [0, 0.05) is 5.57 Å². The number of carbonyl (C=O) groups is 1. The molecule has 2 nitrogen and oxygen atoms in total. The molecule has 3 fully saturated rings. The number of allylic oxidation sites excluding steroid dienone is 1. The Hall–Kier alpha value is -0.790. The molecule has 0 aromatic carbocycles. The van der Waals surface area contributed by atoms with E-state index in [9.17, 15) is 4.79 Å². The summed E-state index contributed by atoms with van der Waals surface area (Å²) in [7, 11) is 0. The second-order valence-electron chi connectivity index (χ2n) is 4.31. The Bertz CT molecular complexity index is 241. The molecule has 0 aromatic rings. The molecule has 0 atom stereocenters. The zero-order valence-electron chi connectivity index (χ0n) is 7.34. The van der Waals surface area contributed by atoms with E-state index in [0.29, 0.717) is 11.0 Å². The van der Waals surface area contributed by atoms with Crippen molar-refractivity contribution in [1.82, 2.24) is 0 Å². The second kappa shape index (κ2) is 2.35. The molecule has 1 N–H and O–H groups in total. The van der Waals surface area contributed by atoms with Gasteiger partial charge in [-0.3, -0.25) is 0 Å². The predicted molar refractivity (Wildman–Crippen MR) is 45.8 cm³/mol. The lowest BCUT2D eigenvalue weighted by Crippen LogP contribution is -2.26. The van der Waals surface area contributed by atoms with Crippen LogP contribution < -0.4 is 0 Å². The minimum absolute atomic E-state index is 0.299. The third kappa shape index (κ3) is 1.06. The van der Waals surface area contributed by atoms with Gasteiger partial charge in [0.05, 0.1) is 0 Å². The van der Waals surface area contributed by atoms with Gasteiger partial charge in [0.1, 0.15) is 0 Å². The van der Waals surface area contributed by atoms with Crippen LogP contribution in [0.25, 0.3) is 0 Å². The third-order valence-corrected chi connectivity index (χ3v) is 3.30. The van der Waals surface area contributed by atoms with Gasteiger partial charge >= 0.3 is 5.97 Å². The molecule has 0 saturated heterocycles. The number of hydrogen-bond acceptors (Lipinski definition) is 1. The minimum Gasteiger partial charge on any atom is -0.478 e. The first kappa shape index (κ1) is 7.84. The highest BCUT2D eigenvalue weighted by Gasteiger charge is 2.48. The molecule has 0 radical (unpaired) electrons. The molecule has 2 bridgehead atoms. The molecular weight excluding hydrogens is 152 g/mol. The molecule has 0 spiro atoms. The maximum Gasteiger partial charge on any atom is 0.330 e. The van der Waals surface area contributed by atoms with Crippen LogP contribution in [0.15, 0.2) is 11.6 Å². The summed E-state index contributed by atoms with van der Waals surface area (Å²) in [5.74, 6) is 0.141. The fourth-order valence-corrected chi connectivity index (χ4v) is 2.70. The molecule has 3 saturated carbocycles. The molecule has 0 aromatic heterocycles. The van der Waals surface area contributed by atoms with Crippen molar-refractivity contribution in [2.45, 2.75) is 32.6 Å². The van der Waals surface area contributed by atoms with E-state index in [1.807, 2.05) is 6.08 Å². The summed E-state index contributed by atoms with van der Waals surface area (Å²) in [6, 6.07) is 0. The monoisotopic (exact) mass is 166 g/mol. The van der Waals surface area contributed by atoms with Crippen LogP contribution in [0.5, 0.6) is 0 Å². The minimum atomic E-state index is -0.764. The molecular formula is C10H14O2.